The van der Waals surface area contributed by atoms with Gasteiger partial charge in [-0.1, -0.05) is 24.8 Å². The standard InChI is InChI=1S/C26H35FN4O/c1-7-23(30(6)18(2)3)20-8-9-21-16-28-24(15-22(21)14-20)29-25(32)19-10-12-31(13-11-19)17-26(4,5)27/h7-9,14-16,19H,2,10-13,17H2,1,3-6H3,(H,28,29,32)/b23-7-. The zero-order chi connectivity index (χ0) is 23.5. The molecule has 2 aromatic rings. The predicted molar refractivity (Wildman–Crippen MR) is 131 cm³/mol. The Bertz CT molecular complexity index is 1020. The summed E-state index contributed by atoms with van der Waals surface area (Å²) in [5.74, 6) is 0.474. The molecule has 0 saturated carbocycles. The van der Waals surface area contributed by atoms with Crippen molar-refractivity contribution >= 4 is 28.2 Å². The SMILES string of the molecule is C=C(C)N(C)/C(=C\C)c1ccc2cnc(NC(=O)C3CCN(CC(C)(C)F)CC3)cc2c1. The van der Waals surface area contributed by atoms with Crippen molar-refractivity contribution < 1.29 is 9.18 Å². The van der Waals surface area contributed by atoms with Crippen molar-refractivity contribution in [2.24, 2.45) is 5.92 Å². The van der Waals surface area contributed by atoms with E-state index in [1.807, 2.05) is 33.0 Å². The van der Waals surface area contributed by atoms with E-state index in [1.165, 1.54) is 0 Å². The third kappa shape index (κ3) is 5.94. The van der Waals surface area contributed by atoms with Crippen LogP contribution in [0.1, 0.15) is 46.1 Å². The van der Waals surface area contributed by atoms with Crippen LogP contribution in [0.2, 0.25) is 0 Å². The third-order valence-electron chi connectivity index (χ3n) is 6.03. The molecular formula is C26H35FN4O. The molecule has 1 fully saturated rings. The molecule has 0 unspecified atom stereocenters. The molecule has 0 atom stereocenters. The smallest absolute Gasteiger partial charge is 0.228 e. The van der Waals surface area contributed by atoms with Gasteiger partial charge in [-0.15, -0.1) is 0 Å². The molecule has 1 aliphatic heterocycles. The van der Waals surface area contributed by atoms with E-state index in [4.69, 9.17) is 0 Å². The minimum atomic E-state index is -1.21. The third-order valence-corrected chi connectivity index (χ3v) is 6.03. The van der Waals surface area contributed by atoms with Crippen molar-refractivity contribution in [1.29, 1.82) is 0 Å². The van der Waals surface area contributed by atoms with Gasteiger partial charge in [-0.2, -0.15) is 0 Å². The number of allylic oxidation sites excluding steroid dienone is 2. The van der Waals surface area contributed by atoms with E-state index >= 15 is 0 Å². The van der Waals surface area contributed by atoms with Crippen LogP contribution < -0.4 is 5.32 Å². The first-order chi connectivity index (χ1) is 15.1. The molecular weight excluding hydrogens is 403 g/mol. The number of fused-ring (bicyclic) bond motifs is 1. The highest BCUT2D eigenvalue weighted by molar-refractivity contribution is 5.94. The van der Waals surface area contributed by atoms with Gasteiger partial charge in [0.05, 0.1) is 0 Å². The molecule has 5 nitrogen and oxygen atoms in total. The number of likely N-dealkylation sites (tertiary alicyclic amines) is 1. The molecule has 172 valence electrons. The molecule has 1 amide bonds. The van der Waals surface area contributed by atoms with Gasteiger partial charge < -0.3 is 15.1 Å². The highest BCUT2D eigenvalue weighted by Crippen LogP contribution is 2.27. The Kier molecular flexibility index (Phi) is 7.34. The lowest BCUT2D eigenvalue weighted by Crippen LogP contribution is -2.43. The Balaban J connectivity index is 1.70. The van der Waals surface area contributed by atoms with Crippen molar-refractivity contribution in [2.75, 3.05) is 32.0 Å². The maximum Gasteiger partial charge on any atom is 0.228 e. The van der Waals surface area contributed by atoms with Crippen LogP contribution in [0, 0.1) is 5.92 Å². The molecule has 1 aliphatic rings. The van der Waals surface area contributed by atoms with Crippen LogP contribution in [0.25, 0.3) is 16.5 Å². The number of pyridine rings is 1. The molecule has 1 aromatic heterocycles. The van der Waals surface area contributed by atoms with Gasteiger partial charge in [0.15, 0.2) is 0 Å². The fraction of sp³-hybridized carbons (Fsp3) is 0.462. The van der Waals surface area contributed by atoms with Gasteiger partial charge >= 0.3 is 0 Å². The van der Waals surface area contributed by atoms with Crippen LogP contribution in [0.4, 0.5) is 10.2 Å². The minimum Gasteiger partial charge on any atom is -0.349 e. The summed E-state index contributed by atoms with van der Waals surface area (Å²) in [5, 5.41) is 5.02. The number of hydrogen-bond acceptors (Lipinski definition) is 4. The van der Waals surface area contributed by atoms with Crippen LogP contribution in [0.15, 0.2) is 48.8 Å². The average Bonchev–Trinajstić information content (AvgIpc) is 2.73. The largest absolute Gasteiger partial charge is 0.349 e. The number of carbonyl (C=O) groups excluding carboxylic acids is 1. The summed E-state index contributed by atoms with van der Waals surface area (Å²) in [6, 6.07) is 8.15. The number of halogens is 1. The van der Waals surface area contributed by atoms with Gasteiger partial charge in [0.25, 0.3) is 0 Å². The van der Waals surface area contributed by atoms with Gasteiger partial charge in [-0.3, -0.25) is 4.79 Å². The summed E-state index contributed by atoms with van der Waals surface area (Å²) >= 11 is 0. The molecule has 2 heterocycles. The van der Waals surface area contributed by atoms with Crippen LogP contribution >= 0.6 is 0 Å². The molecule has 1 saturated heterocycles. The molecule has 0 bridgehead atoms. The highest BCUT2D eigenvalue weighted by Gasteiger charge is 2.28. The first-order valence-electron chi connectivity index (χ1n) is 11.3. The van der Waals surface area contributed by atoms with E-state index in [9.17, 15) is 9.18 Å². The molecule has 0 aliphatic carbocycles. The number of alkyl halides is 1. The zero-order valence-electron chi connectivity index (χ0n) is 19.9. The summed E-state index contributed by atoms with van der Waals surface area (Å²) in [6.07, 6.45) is 5.32. The van der Waals surface area contributed by atoms with Gasteiger partial charge in [-0.25, -0.2) is 9.37 Å². The number of carbonyl (C=O) groups is 1. The molecule has 0 radical (unpaired) electrons. The lowest BCUT2D eigenvalue weighted by Gasteiger charge is -2.33. The van der Waals surface area contributed by atoms with E-state index in [0.717, 1.165) is 53.7 Å². The number of nitrogens with one attached hydrogen (secondary N) is 1. The number of piperidine rings is 1. The fourth-order valence-electron chi connectivity index (χ4n) is 4.24. The predicted octanol–water partition coefficient (Wildman–Crippen LogP) is 5.46. The first-order valence-corrected chi connectivity index (χ1v) is 11.3. The maximum atomic E-state index is 13.9. The highest BCUT2D eigenvalue weighted by atomic mass is 19.1. The van der Waals surface area contributed by atoms with E-state index in [2.05, 4.69) is 44.9 Å². The minimum absolute atomic E-state index is 0.0108. The Morgan fingerprint density at radius 2 is 2.00 bits per heavy atom. The second-order valence-electron chi connectivity index (χ2n) is 9.36. The van der Waals surface area contributed by atoms with Crippen LogP contribution in [0.5, 0.6) is 0 Å². The fourth-order valence-corrected chi connectivity index (χ4v) is 4.24. The first kappa shape index (κ1) is 23.9. The molecule has 0 spiro atoms. The molecule has 6 heteroatoms. The number of amides is 1. The summed E-state index contributed by atoms with van der Waals surface area (Å²) in [5.41, 5.74) is 1.90. The summed E-state index contributed by atoms with van der Waals surface area (Å²) in [7, 11) is 2.00. The summed E-state index contributed by atoms with van der Waals surface area (Å²) in [4.78, 5) is 21.4. The second kappa shape index (κ2) is 9.82. The molecule has 3 rings (SSSR count). The van der Waals surface area contributed by atoms with E-state index < -0.39 is 5.67 Å². The topological polar surface area (TPSA) is 48.5 Å². The summed E-state index contributed by atoms with van der Waals surface area (Å²) < 4.78 is 13.9. The number of rotatable bonds is 7. The van der Waals surface area contributed by atoms with E-state index in [1.54, 1.807) is 20.0 Å². The molecule has 1 N–H and O–H groups in total. The number of aromatic nitrogens is 1. The van der Waals surface area contributed by atoms with Crippen molar-refractivity contribution in [2.45, 2.75) is 46.2 Å². The average molecular weight is 439 g/mol. The van der Waals surface area contributed by atoms with E-state index in [-0.39, 0.29) is 11.8 Å². The number of benzene rings is 1. The monoisotopic (exact) mass is 438 g/mol. The second-order valence-corrected chi connectivity index (χ2v) is 9.36. The quantitative estimate of drug-likeness (QED) is 0.624. The van der Waals surface area contributed by atoms with Gasteiger partial charge in [0, 0.05) is 42.5 Å². The molecule has 32 heavy (non-hydrogen) atoms. The van der Waals surface area contributed by atoms with Gasteiger partial charge in [-0.05, 0) is 76.7 Å². The van der Waals surface area contributed by atoms with Crippen LogP contribution in [0.3, 0.4) is 0 Å². The lowest BCUT2D eigenvalue weighted by atomic mass is 9.95. The Labute approximate surface area is 191 Å². The van der Waals surface area contributed by atoms with Gasteiger partial charge in [0.2, 0.25) is 5.91 Å². The number of nitrogens with zero attached hydrogens (tertiary/aromatic N) is 3. The van der Waals surface area contributed by atoms with Crippen LogP contribution in [-0.2, 0) is 4.79 Å². The number of anilines is 1. The maximum absolute atomic E-state index is 13.9. The lowest BCUT2D eigenvalue weighted by molar-refractivity contribution is -0.121. The Morgan fingerprint density at radius 1 is 1.31 bits per heavy atom. The molecule has 1 aromatic carbocycles. The number of hydrogen-bond donors (Lipinski definition) is 1. The Morgan fingerprint density at radius 3 is 2.59 bits per heavy atom. The van der Waals surface area contributed by atoms with Crippen molar-refractivity contribution in [3.05, 3.63) is 54.4 Å². The van der Waals surface area contributed by atoms with E-state index in [0.29, 0.717) is 12.4 Å². The summed E-state index contributed by atoms with van der Waals surface area (Å²) in [6.45, 7) is 13.1. The zero-order valence-corrected chi connectivity index (χ0v) is 19.9. The van der Waals surface area contributed by atoms with Crippen molar-refractivity contribution in [3.8, 4) is 0 Å². The van der Waals surface area contributed by atoms with Gasteiger partial charge in [0.1, 0.15) is 11.5 Å². The van der Waals surface area contributed by atoms with Crippen LogP contribution in [-0.4, -0.2) is 53.0 Å². The van der Waals surface area contributed by atoms with Crippen molar-refractivity contribution in [3.63, 3.8) is 0 Å². The Hall–Kier alpha value is -2.73. The van der Waals surface area contributed by atoms with Crippen molar-refractivity contribution in [1.82, 2.24) is 14.8 Å². The normalized spacial score (nSPS) is 16.2.